The lowest BCUT2D eigenvalue weighted by Crippen LogP contribution is -2.57. The second kappa shape index (κ2) is 4.80. The van der Waals surface area contributed by atoms with Crippen LogP contribution in [0, 0.1) is 0 Å². The van der Waals surface area contributed by atoms with Crippen LogP contribution in [0.3, 0.4) is 0 Å². The van der Waals surface area contributed by atoms with Crippen molar-refractivity contribution in [2.75, 3.05) is 37.3 Å². The van der Waals surface area contributed by atoms with Gasteiger partial charge in [0.15, 0.2) is 0 Å². The van der Waals surface area contributed by atoms with E-state index in [-0.39, 0.29) is 5.54 Å². The summed E-state index contributed by atoms with van der Waals surface area (Å²) in [5.74, 6) is 0. The Hall–Kier alpha value is -0.640. The van der Waals surface area contributed by atoms with Gasteiger partial charge in [-0.25, -0.2) is 0 Å². The minimum atomic E-state index is 0.122. The zero-order valence-corrected chi connectivity index (χ0v) is 12.5. The predicted molar refractivity (Wildman–Crippen MR) is 79.8 cm³/mol. The number of halogens is 2. The van der Waals surface area contributed by atoms with Crippen molar-refractivity contribution < 1.29 is 0 Å². The fraction of sp³-hybridized carbons (Fsp3) is 0.538. The molecule has 1 aliphatic heterocycles. The first-order chi connectivity index (χ1) is 8.31. The minimum absolute atomic E-state index is 0.122. The van der Waals surface area contributed by atoms with Crippen LogP contribution in [0.25, 0.3) is 0 Å². The van der Waals surface area contributed by atoms with Crippen molar-refractivity contribution in [3.05, 3.63) is 22.2 Å². The first-order valence-corrected chi connectivity index (χ1v) is 6.77. The van der Waals surface area contributed by atoms with Crippen LogP contribution in [0.15, 0.2) is 12.1 Å². The Balaban J connectivity index is 2.30. The van der Waals surface area contributed by atoms with Crippen molar-refractivity contribution in [2.24, 2.45) is 0 Å². The van der Waals surface area contributed by atoms with Gasteiger partial charge in [-0.15, -0.1) is 0 Å². The number of hydrogen-bond acceptors (Lipinski definition) is 3. The van der Waals surface area contributed by atoms with Gasteiger partial charge in [0.05, 0.1) is 21.4 Å². The first-order valence-electron chi connectivity index (χ1n) is 6.02. The number of rotatable bonds is 1. The molecule has 0 radical (unpaired) electrons. The number of likely N-dealkylation sites (N-methyl/N-ethyl adjacent to an activating group) is 1. The Morgan fingerprint density at radius 3 is 2.39 bits per heavy atom. The van der Waals surface area contributed by atoms with Gasteiger partial charge in [-0.3, -0.25) is 4.90 Å². The van der Waals surface area contributed by atoms with Gasteiger partial charge in [-0.05, 0) is 33.0 Å². The summed E-state index contributed by atoms with van der Waals surface area (Å²) in [7, 11) is 2.15. The SMILES string of the molecule is CN1CCN(c2cc(Cl)c(Cl)cc2N)CC1(C)C. The van der Waals surface area contributed by atoms with E-state index in [1.54, 1.807) is 6.07 Å². The van der Waals surface area contributed by atoms with Gasteiger partial charge in [-0.1, -0.05) is 23.2 Å². The molecule has 0 spiro atoms. The molecule has 0 saturated carbocycles. The van der Waals surface area contributed by atoms with Crippen molar-refractivity contribution >= 4 is 34.6 Å². The van der Waals surface area contributed by atoms with E-state index in [0.29, 0.717) is 15.7 Å². The molecule has 0 amide bonds. The molecule has 0 aliphatic carbocycles. The third kappa shape index (κ3) is 2.53. The number of nitrogens with two attached hydrogens (primary N) is 1. The van der Waals surface area contributed by atoms with Crippen LogP contribution in [0.2, 0.25) is 10.0 Å². The maximum absolute atomic E-state index is 6.08. The zero-order valence-electron chi connectivity index (χ0n) is 11.0. The number of nitrogens with zero attached hydrogens (tertiary/aromatic N) is 2. The van der Waals surface area contributed by atoms with Crippen LogP contribution in [-0.4, -0.2) is 37.1 Å². The molecule has 0 bridgehead atoms. The largest absolute Gasteiger partial charge is 0.397 e. The van der Waals surface area contributed by atoms with Crippen LogP contribution < -0.4 is 10.6 Å². The summed E-state index contributed by atoms with van der Waals surface area (Å²) in [6.07, 6.45) is 0. The molecule has 100 valence electrons. The fourth-order valence-electron chi connectivity index (χ4n) is 2.27. The third-order valence-corrected chi connectivity index (χ3v) is 4.45. The molecule has 0 unspecified atom stereocenters. The average Bonchev–Trinajstić information content (AvgIpc) is 2.27. The first kappa shape index (κ1) is 13.8. The van der Waals surface area contributed by atoms with E-state index in [1.165, 1.54) is 0 Å². The van der Waals surface area contributed by atoms with Crippen molar-refractivity contribution in [3.8, 4) is 0 Å². The molecule has 0 atom stereocenters. The van der Waals surface area contributed by atoms with Gasteiger partial charge in [0.1, 0.15) is 0 Å². The molecule has 2 rings (SSSR count). The lowest BCUT2D eigenvalue weighted by Gasteiger charge is -2.46. The molecule has 1 aliphatic rings. The highest BCUT2D eigenvalue weighted by Crippen LogP contribution is 2.35. The monoisotopic (exact) mass is 287 g/mol. The van der Waals surface area contributed by atoms with E-state index in [2.05, 4.69) is 30.7 Å². The highest BCUT2D eigenvalue weighted by atomic mass is 35.5. The molecule has 2 N–H and O–H groups in total. The molecule has 0 aromatic heterocycles. The van der Waals surface area contributed by atoms with E-state index in [4.69, 9.17) is 28.9 Å². The standard InChI is InChI=1S/C13H19Cl2N3/c1-13(2)8-18(5-4-17(13)3)12-7-10(15)9(14)6-11(12)16/h6-7H,4-5,8,16H2,1-3H3. The number of anilines is 2. The van der Waals surface area contributed by atoms with Crippen molar-refractivity contribution in [1.29, 1.82) is 0 Å². The summed E-state index contributed by atoms with van der Waals surface area (Å²) >= 11 is 12.0. The van der Waals surface area contributed by atoms with Gasteiger partial charge in [0.25, 0.3) is 0 Å². The Morgan fingerprint density at radius 1 is 1.17 bits per heavy atom. The number of hydrogen-bond donors (Lipinski definition) is 1. The normalized spacial score (nSPS) is 20.2. The Morgan fingerprint density at radius 2 is 1.78 bits per heavy atom. The number of benzene rings is 1. The molecule has 1 fully saturated rings. The van der Waals surface area contributed by atoms with Crippen LogP contribution in [0.4, 0.5) is 11.4 Å². The Bertz CT molecular complexity index is 460. The molecule has 1 aromatic rings. The van der Waals surface area contributed by atoms with Gasteiger partial charge in [0.2, 0.25) is 0 Å². The van der Waals surface area contributed by atoms with Crippen molar-refractivity contribution in [2.45, 2.75) is 19.4 Å². The molecule has 1 aromatic carbocycles. The summed E-state index contributed by atoms with van der Waals surface area (Å²) in [4.78, 5) is 4.63. The number of piperazine rings is 1. The fourth-order valence-corrected chi connectivity index (χ4v) is 2.60. The summed E-state index contributed by atoms with van der Waals surface area (Å²) < 4.78 is 0. The second-order valence-electron chi connectivity index (χ2n) is 5.48. The van der Waals surface area contributed by atoms with Crippen molar-refractivity contribution in [1.82, 2.24) is 4.90 Å². The van der Waals surface area contributed by atoms with Crippen LogP contribution >= 0.6 is 23.2 Å². The maximum Gasteiger partial charge on any atom is 0.0617 e. The maximum atomic E-state index is 6.08. The Labute approximate surface area is 118 Å². The second-order valence-corrected chi connectivity index (χ2v) is 6.30. The highest BCUT2D eigenvalue weighted by molar-refractivity contribution is 6.42. The smallest absolute Gasteiger partial charge is 0.0617 e. The van der Waals surface area contributed by atoms with E-state index >= 15 is 0 Å². The summed E-state index contributed by atoms with van der Waals surface area (Å²) in [6.45, 7) is 7.33. The van der Waals surface area contributed by atoms with Gasteiger partial charge >= 0.3 is 0 Å². The van der Waals surface area contributed by atoms with Gasteiger partial charge in [-0.2, -0.15) is 0 Å². The van der Waals surface area contributed by atoms with E-state index < -0.39 is 0 Å². The highest BCUT2D eigenvalue weighted by Gasteiger charge is 2.31. The van der Waals surface area contributed by atoms with Crippen LogP contribution in [0.5, 0.6) is 0 Å². The summed E-state index contributed by atoms with van der Waals surface area (Å²) in [5.41, 5.74) is 7.83. The van der Waals surface area contributed by atoms with Crippen LogP contribution in [0.1, 0.15) is 13.8 Å². The molecular weight excluding hydrogens is 269 g/mol. The quantitative estimate of drug-likeness (QED) is 0.806. The molecular formula is C13H19Cl2N3. The van der Waals surface area contributed by atoms with E-state index in [1.807, 2.05) is 6.07 Å². The third-order valence-electron chi connectivity index (χ3n) is 3.73. The van der Waals surface area contributed by atoms with Crippen molar-refractivity contribution in [3.63, 3.8) is 0 Å². The predicted octanol–water partition coefficient (Wildman–Crippen LogP) is 3.11. The van der Waals surface area contributed by atoms with Crippen LogP contribution in [-0.2, 0) is 0 Å². The minimum Gasteiger partial charge on any atom is -0.397 e. The molecule has 1 heterocycles. The zero-order chi connectivity index (χ0) is 13.5. The number of nitrogen functional groups attached to an aromatic ring is 1. The summed E-state index contributed by atoms with van der Waals surface area (Å²) in [5, 5.41) is 1.06. The van der Waals surface area contributed by atoms with Gasteiger partial charge < -0.3 is 10.6 Å². The molecule has 1 saturated heterocycles. The molecule has 18 heavy (non-hydrogen) atoms. The van der Waals surface area contributed by atoms with E-state index in [9.17, 15) is 0 Å². The molecule has 3 nitrogen and oxygen atoms in total. The van der Waals surface area contributed by atoms with E-state index in [0.717, 1.165) is 25.3 Å². The lowest BCUT2D eigenvalue weighted by atomic mass is 9.99. The Kier molecular flexibility index (Phi) is 3.67. The topological polar surface area (TPSA) is 32.5 Å². The lowest BCUT2D eigenvalue weighted by molar-refractivity contribution is 0.139. The molecule has 5 heteroatoms. The summed E-state index contributed by atoms with van der Waals surface area (Å²) in [6, 6.07) is 3.59. The average molecular weight is 288 g/mol. The van der Waals surface area contributed by atoms with Gasteiger partial charge in [0, 0.05) is 25.2 Å².